The van der Waals surface area contributed by atoms with Crippen molar-refractivity contribution in [3.05, 3.63) is 63.1 Å². The van der Waals surface area contributed by atoms with Gasteiger partial charge in [0.2, 0.25) is 0 Å². The molecule has 2 aromatic rings. The van der Waals surface area contributed by atoms with E-state index in [0.717, 1.165) is 10.0 Å². The molecule has 0 radical (unpaired) electrons. The summed E-state index contributed by atoms with van der Waals surface area (Å²) in [5, 5.41) is 0.510. The van der Waals surface area contributed by atoms with Gasteiger partial charge in [0.1, 0.15) is 5.75 Å². The number of hydrogen-bond acceptors (Lipinski definition) is 4. The zero-order chi connectivity index (χ0) is 16.8. The normalized spacial score (nSPS) is 10.0. The van der Waals surface area contributed by atoms with Crippen LogP contribution >= 0.6 is 27.5 Å². The van der Waals surface area contributed by atoms with Crippen LogP contribution in [-0.2, 0) is 9.63 Å². The molecule has 1 N–H and O–H groups in total. The molecule has 7 heteroatoms. The summed E-state index contributed by atoms with van der Waals surface area (Å²) in [6, 6.07) is 11.6. The topological polar surface area (TPSA) is 64.6 Å². The molecular weight excluding hydrogens is 386 g/mol. The summed E-state index contributed by atoms with van der Waals surface area (Å²) in [4.78, 5) is 28.0. The standard InChI is InChI=1S/C16H13BrClNO4/c1-10-2-7-14(13(17)8-10)22-9-15(20)23-19-16(21)11-3-5-12(18)6-4-11/h2-8H,9H2,1H3,(H,19,21). The molecule has 1 amide bonds. The highest BCUT2D eigenvalue weighted by atomic mass is 79.9. The van der Waals surface area contributed by atoms with Gasteiger partial charge in [-0.25, -0.2) is 4.79 Å². The van der Waals surface area contributed by atoms with Crippen molar-refractivity contribution in [2.75, 3.05) is 6.61 Å². The number of hydrogen-bond donors (Lipinski definition) is 1. The summed E-state index contributed by atoms with van der Waals surface area (Å²) < 4.78 is 6.05. The van der Waals surface area contributed by atoms with E-state index in [1.54, 1.807) is 18.2 Å². The first-order chi connectivity index (χ1) is 11.0. The molecule has 0 saturated heterocycles. The summed E-state index contributed by atoms with van der Waals surface area (Å²) in [5.41, 5.74) is 3.44. The fourth-order valence-corrected chi connectivity index (χ4v) is 2.39. The van der Waals surface area contributed by atoms with Crippen LogP contribution in [0.15, 0.2) is 46.9 Å². The molecule has 2 rings (SSSR count). The van der Waals surface area contributed by atoms with Crippen LogP contribution in [0.2, 0.25) is 5.02 Å². The Balaban J connectivity index is 1.81. The van der Waals surface area contributed by atoms with E-state index in [1.165, 1.54) is 12.1 Å². The van der Waals surface area contributed by atoms with E-state index in [4.69, 9.17) is 16.3 Å². The number of carbonyl (C=O) groups excluding carboxylic acids is 2. The molecule has 23 heavy (non-hydrogen) atoms. The van der Waals surface area contributed by atoms with Crippen LogP contribution in [-0.4, -0.2) is 18.5 Å². The molecule has 0 aliphatic rings. The number of ether oxygens (including phenoxy) is 1. The van der Waals surface area contributed by atoms with Crippen molar-refractivity contribution in [2.24, 2.45) is 0 Å². The number of amides is 1. The predicted octanol–water partition coefficient (Wildman–Crippen LogP) is 3.68. The minimum Gasteiger partial charge on any atom is -0.481 e. The highest BCUT2D eigenvalue weighted by Crippen LogP contribution is 2.25. The summed E-state index contributed by atoms with van der Waals surface area (Å²) in [7, 11) is 0. The molecule has 2 aromatic carbocycles. The number of hydroxylamine groups is 1. The maximum Gasteiger partial charge on any atom is 0.369 e. The van der Waals surface area contributed by atoms with E-state index in [1.807, 2.05) is 19.1 Å². The third kappa shape index (κ3) is 5.26. The first-order valence-electron chi connectivity index (χ1n) is 6.60. The van der Waals surface area contributed by atoms with Crippen molar-refractivity contribution >= 4 is 39.4 Å². The largest absolute Gasteiger partial charge is 0.481 e. The van der Waals surface area contributed by atoms with Crippen molar-refractivity contribution < 1.29 is 19.2 Å². The molecule has 120 valence electrons. The van der Waals surface area contributed by atoms with Gasteiger partial charge in [-0.05, 0) is 64.8 Å². The number of benzene rings is 2. The van der Waals surface area contributed by atoms with E-state index in [2.05, 4.69) is 26.2 Å². The van der Waals surface area contributed by atoms with Gasteiger partial charge in [0.15, 0.2) is 6.61 Å². The van der Waals surface area contributed by atoms with Crippen molar-refractivity contribution in [2.45, 2.75) is 6.92 Å². The maximum atomic E-state index is 11.7. The highest BCUT2D eigenvalue weighted by Gasteiger charge is 2.11. The van der Waals surface area contributed by atoms with Crippen LogP contribution in [0.1, 0.15) is 15.9 Å². The van der Waals surface area contributed by atoms with E-state index in [9.17, 15) is 9.59 Å². The van der Waals surface area contributed by atoms with Crippen molar-refractivity contribution in [3.8, 4) is 5.75 Å². The Kier molecular flexibility index (Phi) is 6.01. The zero-order valence-corrected chi connectivity index (χ0v) is 14.5. The van der Waals surface area contributed by atoms with E-state index in [-0.39, 0.29) is 6.61 Å². The molecule has 0 aromatic heterocycles. The lowest BCUT2D eigenvalue weighted by atomic mass is 10.2. The number of halogens is 2. The predicted molar refractivity (Wildman–Crippen MR) is 89.4 cm³/mol. The Morgan fingerprint density at radius 3 is 2.52 bits per heavy atom. The highest BCUT2D eigenvalue weighted by molar-refractivity contribution is 9.10. The average molecular weight is 399 g/mol. The summed E-state index contributed by atoms with van der Waals surface area (Å²) in [6.45, 7) is 1.61. The van der Waals surface area contributed by atoms with Crippen LogP contribution in [0.25, 0.3) is 0 Å². The van der Waals surface area contributed by atoms with Crippen LogP contribution in [0.3, 0.4) is 0 Å². The number of rotatable bonds is 4. The zero-order valence-electron chi connectivity index (χ0n) is 12.1. The van der Waals surface area contributed by atoms with Crippen LogP contribution in [0, 0.1) is 6.92 Å². The molecule has 0 atom stereocenters. The van der Waals surface area contributed by atoms with Crippen molar-refractivity contribution in [1.82, 2.24) is 5.48 Å². The second kappa shape index (κ2) is 7.99. The smallest absolute Gasteiger partial charge is 0.369 e. The minimum absolute atomic E-state index is 0.324. The Labute approximate surface area is 146 Å². The Bertz CT molecular complexity index is 719. The van der Waals surface area contributed by atoms with E-state index in [0.29, 0.717) is 16.3 Å². The molecule has 0 aliphatic carbocycles. The summed E-state index contributed by atoms with van der Waals surface area (Å²) in [5.74, 6) is -0.761. The molecule has 0 unspecified atom stereocenters. The molecule has 0 saturated carbocycles. The third-order valence-corrected chi connectivity index (χ3v) is 3.67. The average Bonchev–Trinajstić information content (AvgIpc) is 2.52. The molecule has 0 aliphatic heterocycles. The Hall–Kier alpha value is -2.05. The number of nitrogens with one attached hydrogen (secondary N) is 1. The lowest BCUT2D eigenvalue weighted by molar-refractivity contribution is -0.151. The van der Waals surface area contributed by atoms with Gasteiger partial charge in [0.25, 0.3) is 5.91 Å². The van der Waals surface area contributed by atoms with Gasteiger partial charge in [-0.1, -0.05) is 17.7 Å². The summed E-state index contributed by atoms with van der Waals surface area (Å²) in [6.07, 6.45) is 0. The SMILES string of the molecule is Cc1ccc(OCC(=O)ONC(=O)c2ccc(Cl)cc2)c(Br)c1. The third-order valence-electron chi connectivity index (χ3n) is 2.80. The molecular formula is C16H13BrClNO4. The Morgan fingerprint density at radius 2 is 1.87 bits per heavy atom. The monoisotopic (exact) mass is 397 g/mol. The van der Waals surface area contributed by atoms with Gasteiger partial charge in [0, 0.05) is 10.6 Å². The minimum atomic E-state index is -0.722. The fourth-order valence-electron chi connectivity index (χ4n) is 1.65. The summed E-state index contributed by atoms with van der Waals surface area (Å²) >= 11 is 9.07. The van der Waals surface area contributed by atoms with Gasteiger partial charge in [-0.3, -0.25) is 4.79 Å². The van der Waals surface area contributed by atoms with Crippen molar-refractivity contribution in [3.63, 3.8) is 0 Å². The second-order valence-corrected chi connectivity index (χ2v) is 5.93. The lowest BCUT2D eigenvalue weighted by Gasteiger charge is -2.09. The molecule has 0 heterocycles. The number of carbonyl (C=O) groups is 2. The Morgan fingerprint density at radius 1 is 1.17 bits per heavy atom. The van der Waals surface area contributed by atoms with Gasteiger partial charge in [-0.15, -0.1) is 0 Å². The number of aryl methyl sites for hydroxylation is 1. The van der Waals surface area contributed by atoms with Crippen LogP contribution in [0.5, 0.6) is 5.75 Å². The van der Waals surface area contributed by atoms with Crippen LogP contribution in [0.4, 0.5) is 0 Å². The molecule has 0 bridgehead atoms. The molecule has 5 nitrogen and oxygen atoms in total. The van der Waals surface area contributed by atoms with Gasteiger partial charge in [-0.2, -0.15) is 5.48 Å². The first kappa shape index (κ1) is 17.3. The van der Waals surface area contributed by atoms with Crippen molar-refractivity contribution in [1.29, 1.82) is 0 Å². The van der Waals surface area contributed by atoms with E-state index >= 15 is 0 Å². The second-order valence-electron chi connectivity index (χ2n) is 4.63. The fraction of sp³-hybridized carbons (Fsp3) is 0.125. The molecule has 0 spiro atoms. The molecule has 0 fully saturated rings. The van der Waals surface area contributed by atoms with Gasteiger partial charge < -0.3 is 9.57 Å². The lowest BCUT2D eigenvalue weighted by Crippen LogP contribution is -2.29. The van der Waals surface area contributed by atoms with Gasteiger partial charge >= 0.3 is 5.97 Å². The maximum absolute atomic E-state index is 11.7. The van der Waals surface area contributed by atoms with Crippen LogP contribution < -0.4 is 10.2 Å². The first-order valence-corrected chi connectivity index (χ1v) is 7.77. The quantitative estimate of drug-likeness (QED) is 0.798. The van der Waals surface area contributed by atoms with E-state index < -0.39 is 11.9 Å². The van der Waals surface area contributed by atoms with Gasteiger partial charge in [0.05, 0.1) is 4.47 Å².